The Kier molecular flexibility index (Phi) is 10.6. The Morgan fingerprint density at radius 1 is 1.36 bits per heavy atom. The first-order chi connectivity index (χ1) is 13.3. The molecule has 0 bridgehead atoms. The molecule has 0 saturated carbocycles. The van der Waals surface area contributed by atoms with Crippen molar-refractivity contribution in [2.24, 2.45) is 17.6 Å². The molecule has 160 valence electrons. The number of aryl methyl sites for hydroxylation is 1. The van der Waals surface area contributed by atoms with Crippen molar-refractivity contribution in [1.82, 2.24) is 15.2 Å². The van der Waals surface area contributed by atoms with Crippen LogP contribution in [-0.4, -0.2) is 61.1 Å². The molecule has 0 aromatic carbocycles. The quantitative estimate of drug-likeness (QED) is 0.549. The summed E-state index contributed by atoms with van der Waals surface area (Å²) in [5.41, 5.74) is 6.69. The zero-order valence-electron chi connectivity index (χ0n) is 18.0. The zero-order valence-corrected chi connectivity index (χ0v) is 18.8. The van der Waals surface area contributed by atoms with Crippen molar-refractivity contribution < 1.29 is 14.3 Å². The fourth-order valence-corrected chi connectivity index (χ4v) is 3.89. The highest BCUT2D eigenvalue weighted by atomic mass is 32.1. The minimum absolute atomic E-state index is 0.0183. The SMILES string of the molecule is CC[C@H](C)[C@H](N)C(=O)N(CCOC)[C@H](CCc1nc(C(=O)NC)cs1)C(C)C. The van der Waals surface area contributed by atoms with Gasteiger partial charge in [-0.15, -0.1) is 11.3 Å². The molecule has 0 fully saturated rings. The van der Waals surface area contributed by atoms with Crippen LogP contribution in [0.15, 0.2) is 5.38 Å². The van der Waals surface area contributed by atoms with Crippen LogP contribution in [-0.2, 0) is 16.0 Å². The van der Waals surface area contributed by atoms with Gasteiger partial charge >= 0.3 is 0 Å². The van der Waals surface area contributed by atoms with E-state index in [2.05, 4.69) is 24.1 Å². The first-order valence-electron chi connectivity index (χ1n) is 9.98. The summed E-state index contributed by atoms with van der Waals surface area (Å²) in [6.45, 7) is 9.28. The van der Waals surface area contributed by atoms with Gasteiger partial charge in [-0.2, -0.15) is 0 Å². The van der Waals surface area contributed by atoms with E-state index in [4.69, 9.17) is 10.5 Å². The molecule has 8 heteroatoms. The molecule has 3 atom stereocenters. The van der Waals surface area contributed by atoms with E-state index >= 15 is 0 Å². The fourth-order valence-electron chi connectivity index (χ4n) is 3.10. The number of rotatable bonds is 12. The summed E-state index contributed by atoms with van der Waals surface area (Å²) < 4.78 is 5.23. The average molecular weight is 413 g/mol. The Balaban J connectivity index is 2.93. The maximum absolute atomic E-state index is 13.1. The highest BCUT2D eigenvalue weighted by molar-refractivity contribution is 7.09. The molecule has 0 aliphatic carbocycles. The molecule has 0 saturated heterocycles. The number of methoxy groups -OCH3 is 1. The standard InChI is InChI=1S/C20H36N4O3S/c1-7-14(4)18(21)20(26)24(10-11-27-6)16(13(2)3)8-9-17-23-15(12-28-17)19(25)22-5/h12-14,16,18H,7-11,21H2,1-6H3,(H,22,25)/t14-,16+,18-/m0/s1. The molecule has 1 aromatic rings. The summed E-state index contributed by atoms with van der Waals surface area (Å²) in [5.74, 6) is 0.192. The molecule has 0 unspecified atom stereocenters. The van der Waals surface area contributed by atoms with Crippen LogP contribution in [0.25, 0.3) is 0 Å². The number of aromatic nitrogens is 1. The fraction of sp³-hybridized carbons (Fsp3) is 0.750. The molecule has 7 nitrogen and oxygen atoms in total. The van der Waals surface area contributed by atoms with E-state index in [9.17, 15) is 9.59 Å². The van der Waals surface area contributed by atoms with E-state index in [1.807, 2.05) is 18.7 Å². The lowest BCUT2D eigenvalue weighted by Crippen LogP contribution is -2.53. The molecule has 0 aliphatic rings. The molecule has 0 spiro atoms. The maximum Gasteiger partial charge on any atom is 0.270 e. The molecule has 3 N–H and O–H groups in total. The molecular weight excluding hydrogens is 376 g/mol. The van der Waals surface area contributed by atoms with Crippen LogP contribution in [0.3, 0.4) is 0 Å². The number of nitrogens with zero attached hydrogens (tertiary/aromatic N) is 2. The van der Waals surface area contributed by atoms with E-state index in [0.717, 1.165) is 17.8 Å². The number of nitrogens with two attached hydrogens (primary N) is 1. The van der Waals surface area contributed by atoms with Crippen molar-refractivity contribution in [2.45, 2.75) is 59.0 Å². The topological polar surface area (TPSA) is 97.6 Å². The van der Waals surface area contributed by atoms with Crippen molar-refractivity contribution in [3.8, 4) is 0 Å². The van der Waals surface area contributed by atoms with Gasteiger partial charge in [0.2, 0.25) is 5.91 Å². The minimum atomic E-state index is -0.511. The summed E-state index contributed by atoms with van der Waals surface area (Å²) in [6.07, 6.45) is 2.33. The van der Waals surface area contributed by atoms with Gasteiger partial charge in [0.05, 0.1) is 17.7 Å². The Morgan fingerprint density at radius 2 is 2.04 bits per heavy atom. The summed E-state index contributed by atoms with van der Waals surface area (Å²) in [6, 6.07) is -0.479. The van der Waals surface area contributed by atoms with Crippen LogP contribution < -0.4 is 11.1 Å². The van der Waals surface area contributed by atoms with Crippen LogP contribution in [0.1, 0.15) is 56.0 Å². The number of carbonyl (C=O) groups is 2. The highest BCUT2D eigenvalue weighted by Gasteiger charge is 2.31. The van der Waals surface area contributed by atoms with Crippen LogP contribution in [0, 0.1) is 11.8 Å². The Morgan fingerprint density at radius 3 is 2.57 bits per heavy atom. The lowest BCUT2D eigenvalue weighted by Gasteiger charge is -2.37. The predicted octanol–water partition coefficient (Wildman–Crippen LogP) is 2.31. The van der Waals surface area contributed by atoms with Gasteiger partial charge in [-0.25, -0.2) is 4.98 Å². The number of thiazole rings is 1. The number of hydrogen-bond acceptors (Lipinski definition) is 6. The molecule has 0 radical (unpaired) electrons. The number of amides is 2. The largest absolute Gasteiger partial charge is 0.383 e. The summed E-state index contributed by atoms with van der Waals surface area (Å²) in [5, 5.41) is 5.25. The van der Waals surface area contributed by atoms with Gasteiger partial charge in [-0.3, -0.25) is 9.59 Å². The normalized spacial score (nSPS) is 14.6. The molecule has 0 aliphatic heterocycles. The predicted molar refractivity (Wildman–Crippen MR) is 113 cm³/mol. The van der Waals surface area contributed by atoms with Gasteiger partial charge in [-0.05, 0) is 18.3 Å². The van der Waals surface area contributed by atoms with Gasteiger partial charge in [-0.1, -0.05) is 34.1 Å². The van der Waals surface area contributed by atoms with Crippen molar-refractivity contribution in [3.05, 3.63) is 16.1 Å². The summed E-state index contributed by atoms with van der Waals surface area (Å²) in [4.78, 5) is 31.1. The third kappa shape index (κ3) is 6.83. The van der Waals surface area contributed by atoms with Gasteiger partial charge in [0, 0.05) is 38.5 Å². The molecule has 28 heavy (non-hydrogen) atoms. The van der Waals surface area contributed by atoms with E-state index in [1.165, 1.54) is 11.3 Å². The smallest absolute Gasteiger partial charge is 0.270 e. The number of nitrogens with one attached hydrogen (secondary N) is 1. The Labute approximate surface area is 173 Å². The van der Waals surface area contributed by atoms with Gasteiger partial charge in [0.1, 0.15) is 5.69 Å². The van der Waals surface area contributed by atoms with Crippen molar-refractivity contribution in [2.75, 3.05) is 27.3 Å². The second-order valence-corrected chi connectivity index (χ2v) is 8.43. The Bertz CT molecular complexity index is 620. The van der Waals surface area contributed by atoms with E-state index < -0.39 is 6.04 Å². The van der Waals surface area contributed by atoms with Gasteiger partial charge in [0.25, 0.3) is 5.91 Å². The second kappa shape index (κ2) is 12.1. The molecule has 1 rings (SSSR count). The van der Waals surface area contributed by atoms with E-state index in [1.54, 1.807) is 19.5 Å². The number of ether oxygens (including phenoxy) is 1. The van der Waals surface area contributed by atoms with Gasteiger partial charge < -0.3 is 20.7 Å². The number of carbonyl (C=O) groups excluding carboxylic acids is 2. The molecule has 1 heterocycles. The van der Waals surface area contributed by atoms with Crippen LogP contribution >= 0.6 is 11.3 Å². The summed E-state index contributed by atoms with van der Waals surface area (Å²) >= 11 is 1.47. The molecular formula is C20H36N4O3S. The first kappa shape index (κ1) is 24.5. The van der Waals surface area contributed by atoms with Crippen molar-refractivity contribution in [3.63, 3.8) is 0 Å². The van der Waals surface area contributed by atoms with E-state index in [-0.39, 0.29) is 29.7 Å². The Hall–Kier alpha value is -1.51. The molecule has 2 amide bonds. The monoisotopic (exact) mass is 412 g/mol. The average Bonchev–Trinajstić information content (AvgIpc) is 3.16. The van der Waals surface area contributed by atoms with Gasteiger partial charge in [0.15, 0.2) is 0 Å². The van der Waals surface area contributed by atoms with Crippen LogP contribution in [0.2, 0.25) is 0 Å². The third-order valence-corrected chi connectivity index (χ3v) is 6.11. The third-order valence-electron chi connectivity index (χ3n) is 5.20. The van der Waals surface area contributed by atoms with Crippen LogP contribution in [0.4, 0.5) is 0 Å². The number of hydrogen-bond donors (Lipinski definition) is 2. The highest BCUT2D eigenvalue weighted by Crippen LogP contribution is 2.21. The minimum Gasteiger partial charge on any atom is -0.383 e. The second-order valence-electron chi connectivity index (χ2n) is 7.49. The maximum atomic E-state index is 13.1. The zero-order chi connectivity index (χ0) is 21.3. The van der Waals surface area contributed by atoms with Crippen LogP contribution in [0.5, 0.6) is 0 Å². The lowest BCUT2D eigenvalue weighted by atomic mass is 9.93. The first-order valence-corrected chi connectivity index (χ1v) is 10.9. The molecule has 1 aromatic heterocycles. The summed E-state index contributed by atoms with van der Waals surface area (Å²) in [7, 11) is 3.23. The lowest BCUT2D eigenvalue weighted by molar-refractivity contribution is -0.138. The van der Waals surface area contributed by atoms with E-state index in [0.29, 0.717) is 25.3 Å². The van der Waals surface area contributed by atoms with Crippen molar-refractivity contribution in [1.29, 1.82) is 0 Å². The van der Waals surface area contributed by atoms with Crippen molar-refractivity contribution >= 4 is 23.2 Å².